The summed E-state index contributed by atoms with van der Waals surface area (Å²) in [6.07, 6.45) is 19.9. The number of carboxylic acid groups (broad SMARTS) is 2. The quantitative estimate of drug-likeness (QED) is 0.103. The third-order valence-corrected chi connectivity index (χ3v) is 6.29. The Morgan fingerprint density at radius 1 is 0.694 bits per heavy atom. The van der Waals surface area contributed by atoms with Crippen LogP contribution in [-0.2, 0) is 14.4 Å². The molecular weight excluding hydrogens is 456 g/mol. The molecule has 0 aromatic carbocycles. The minimum absolute atomic E-state index is 0.0945. The van der Waals surface area contributed by atoms with E-state index in [0.29, 0.717) is 0 Å². The minimum atomic E-state index is -1.19. The number of nitrogens with zero attached hydrogens (tertiary/aromatic N) is 1. The number of amides is 1. The first kappa shape index (κ1) is 36.3. The summed E-state index contributed by atoms with van der Waals surface area (Å²) in [4.78, 5) is 35.8. The number of carbonyl (C=O) groups is 3. The molecule has 0 radical (unpaired) electrons. The summed E-state index contributed by atoms with van der Waals surface area (Å²) in [5.41, 5.74) is 0. The molecule has 0 bridgehead atoms. The second-order valence-corrected chi connectivity index (χ2v) is 9.34. The van der Waals surface area contributed by atoms with Gasteiger partial charge in [0.2, 0.25) is 5.91 Å². The lowest BCUT2D eigenvalue weighted by molar-refractivity contribution is -0.143. The van der Waals surface area contributed by atoms with Crippen molar-refractivity contribution in [2.75, 3.05) is 19.6 Å². The highest BCUT2D eigenvalue weighted by atomic mass is 16.4. The van der Waals surface area contributed by atoms with Crippen molar-refractivity contribution in [1.29, 1.82) is 0 Å². The van der Waals surface area contributed by atoms with Gasteiger partial charge in [-0.25, -0.2) is 4.79 Å². The molecule has 0 rings (SSSR count). The van der Waals surface area contributed by atoms with Gasteiger partial charge in [0.25, 0.3) is 0 Å². The van der Waals surface area contributed by atoms with Crippen LogP contribution >= 0.6 is 0 Å². The number of hydrogen-bond donors (Lipinski definition) is 3. The third kappa shape index (κ3) is 26.7. The molecule has 0 saturated carbocycles. The maximum atomic E-state index is 11.8. The molecule has 36 heavy (non-hydrogen) atoms. The van der Waals surface area contributed by atoms with Crippen LogP contribution < -0.4 is 5.32 Å². The van der Waals surface area contributed by atoms with Crippen molar-refractivity contribution in [3.8, 4) is 0 Å². The first-order valence-corrected chi connectivity index (χ1v) is 14.4. The van der Waals surface area contributed by atoms with E-state index in [-0.39, 0.29) is 25.2 Å². The Balaban J connectivity index is 0. The predicted octanol–water partition coefficient (Wildman–Crippen LogP) is 6.81. The number of allylic oxidation sites excluding steroid dienone is 2. The molecule has 0 aliphatic heterocycles. The molecular formula is C29H56N2O5. The fourth-order valence-electron chi connectivity index (χ4n) is 3.82. The van der Waals surface area contributed by atoms with E-state index in [9.17, 15) is 14.4 Å². The molecule has 1 atom stereocenters. The number of hydrogen-bond acceptors (Lipinski definition) is 4. The normalized spacial score (nSPS) is 11.8. The molecule has 7 nitrogen and oxygen atoms in total. The van der Waals surface area contributed by atoms with E-state index in [1.807, 2.05) is 0 Å². The van der Waals surface area contributed by atoms with Gasteiger partial charge in [-0.05, 0) is 58.2 Å². The highest BCUT2D eigenvalue weighted by Gasteiger charge is 2.20. The van der Waals surface area contributed by atoms with Crippen LogP contribution in [0.3, 0.4) is 0 Å². The topological polar surface area (TPSA) is 107 Å². The zero-order chi connectivity index (χ0) is 27.4. The average molecular weight is 513 g/mol. The van der Waals surface area contributed by atoms with Crippen molar-refractivity contribution < 1.29 is 24.6 Å². The van der Waals surface area contributed by atoms with Crippen LogP contribution in [0.15, 0.2) is 12.2 Å². The van der Waals surface area contributed by atoms with Gasteiger partial charge in [0.05, 0.1) is 0 Å². The average Bonchev–Trinajstić information content (AvgIpc) is 2.85. The molecule has 0 aliphatic rings. The van der Waals surface area contributed by atoms with Gasteiger partial charge in [0, 0.05) is 12.8 Å². The van der Waals surface area contributed by atoms with Crippen LogP contribution in [0.2, 0.25) is 0 Å². The van der Waals surface area contributed by atoms with Gasteiger partial charge in [-0.2, -0.15) is 0 Å². The Labute approximate surface area is 221 Å². The standard InChI is InChI=1S/C23H41NO5.C6H15N/c1-2-3-4-5-6-7-8-9-10-11-12-13-14-15-16-17-21(25)24-20(23(28)29)18-19-22(26)27;1-4-7(5-2)6-3/h9-10,20H,2-8,11-19H2,1H3,(H,24,25)(H,26,27)(H,28,29);4-6H2,1-3H3/b10-9-;. The van der Waals surface area contributed by atoms with Gasteiger partial charge in [-0.1, -0.05) is 91.2 Å². The predicted molar refractivity (Wildman–Crippen MR) is 149 cm³/mol. The van der Waals surface area contributed by atoms with Crippen molar-refractivity contribution in [2.24, 2.45) is 0 Å². The van der Waals surface area contributed by atoms with Crippen molar-refractivity contribution >= 4 is 17.8 Å². The van der Waals surface area contributed by atoms with Crippen LogP contribution in [0, 0.1) is 0 Å². The summed E-state index contributed by atoms with van der Waals surface area (Å²) >= 11 is 0. The fourth-order valence-corrected chi connectivity index (χ4v) is 3.82. The number of carbonyl (C=O) groups excluding carboxylic acids is 1. The van der Waals surface area contributed by atoms with Crippen molar-refractivity contribution in [2.45, 2.75) is 136 Å². The van der Waals surface area contributed by atoms with E-state index in [2.05, 4.69) is 50.1 Å². The van der Waals surface area contributed by atoms with Gasteiger partial charge in [-0.15, -0.1) is 0 Å². The number of aliphatic carboxylic acids is 2. The number of rotatable bonds is 23. The second-order valence-electron chi connectivity index (χ2n) is 9.34. The molecule has 0 saturated heterocycles. The molecule has 1 unspecified atom stereocenters. The van der Waals surface area contributed by atoms with Crippen molar-refractivity contribution in [3.63, 3.8) is 0 Å². The highest BCUT2D eigenvalue weighted by Crippen LogP contribution is 2.10. The summed E-state index contributed by atoms with van der Waals surface area (Å²) in [5.74, 6) is -2.58. The molecule has 0 aromatic rings. The van der Waals surface area contributed by atoms with Gasteiger partial charge in [-0.3, -0.25) is 9.59 Å². The maximum absolute atomic E-state index is 11.8. The Morgan fingerprint density at radius 2 is 1.17 bits per heavy atom. The lowest BCUT2D eigenvalue weighted by Gasteiger charge is -2.13. The zero-order valence-corrected chi connectivity index (χ0v) is 23.7. The van der Waals surface area contributed by atoms with E-state index in [1.54, 1.807) is 0 Å². The molecule has 212 valence electrons. The van der Waals surface area contributed by atoms with E-state index < -0.39 is 18.0 Å². The Kier molecular flexibility index (Phi) is 27.9. The first-order valence-electron chi connectivity index (χ1n) is 14.4. The van der Waals surface area contributed by atoms with Crippen molar-refractivity contribution in [3.05, 3.63) is 12.2 Å². The summed E-state index contributed by atoms with van der Waals surface area (Å²) < 4.78 is 0. The lowest BCUT2D eigenvalue weighted by Crippen LogP contribution is -2.41. The van der Waals surface area contributed by atoms with E-state index in [1.165, 1.54) is 64.6 Å². The van der Waals surface area contributed by atoms with Gasteiger partial charge in [0.1, 0.15) is 6.04 Å². The van der Waals surface area contributed by atoms with Gasteiger partial charge < -0.3 is 20.4 Å². The van der Waals surface area contributed by atoms with Crippen LogP contribution in [-0.4, -0.2) is 58.6 Å². The van der Waals surface area contributed by atoms with Gasteiger partial charge in [0.15, 0.2) is 0 Å². The zero-order valence-electron chi connectivity index (χ0n) is 23.7. The van der Waals surface area contributed by atoms with Crippen LogP contribution in [0.4, 0.5) is 0 Å². The summed E-state index contributed by atoms with van der Waals surface area (Å²) in [6.45, 7) is 12.4. The number of carboxylic acids is 2. The Morgan fingerprint density at radius 3 is 1.58 bits per heavy atom. The van der Waals surface area contributed by atoms with Crippen LogP contribution in [0.1, 0.15) is 130 Å². The number of nitrogens with one attached hydrogen (secondary N) is 1. The maximum Gasteiger partial charge on any atom is 0.326 e. The monoisotopic (exact) mass is 512 g/mol. The molecule has 7 heteroatoms. The molecule has 0 heterocycles. The van der Waals surface area contributed by atoms with E-state index >= 15 is 0 Å². The summed E-state index contributed by atoms with van der Waals surface area (Å²) in [7, 11) is 0. The minimum Gasteiger partial charge on any atom is -0.481 e. The molecule has 0 aromatic heterocycles. The van der Waals surface area contributed by atoms with E-state index in [4.69, 9.17) is 10.2 Å². The highest BCUT2D eigenvalue weighted by molar-refractivity contribution is 5.83. The Bertz CT molecular complexity index is 556. The van der Waals surface area contributed by atoms with Crippen LogP contribution in [0.25, 0.3) is 0 Å². The lowest BCUT2D eigenvalue weighted by atomic mass is 10.1. The fraction of sp³-hybridized carbons (Fsp3) is 0.828. The van der Waals surface area contributed by atoms with Crippen molar-refractivity contribution in [1.82, 2.24) is 10.2 Å². The molecule has 0 spiro atoms. The Hall–Kier alpha value is -1.89. The molecule has 1 amide bonds. The largest absolute Gasteiger partial charge is 0.481 e. The molecule has 0 aliphatic carbocycles. The second kappa shape index (κ2) is 27.7. The smallest absolute Gasteiger partial charge is 0.326 e. The molecule has 0 fully saturated rings. The number of unbranched alkanes of at least 4 members (excludes halogenated alkanes) is 11. The van der Waals surface area contributed by atoms with Gasteiger partial charge >= 0.3 is 11.9 Å². The van der Waals surface area contributed by atoms with Crippen LogP contribution in [0.5, 0.6) is 0 Å². The first-order chi connectivity index (χ1) is 17.3. The van der Waals surface area contributed by atoms with E-state index in [0.717, 1.165) is 38.5 Å². The third-order valence-electron chi connectivity index (χ3n) is 6.29. The SMILES string of the molecule is CCCCCCCC/C=C\CCCCCCCC(=O)NC(CCC(=O)O)C(=O)O.CCN(CC)CC. The molecule has 3 N–H and O–H groups in total. The summed E-state index contributed by atoms with van der Waals surface area (Å²) in [5, 5.41) is 20.1. The summed E-state index contributed by atoms with van der Waals surface area (Å²) in [6, 6.07) is -1.12.